The van der Waals surface area contributed by atoms with E-state index in [1.165, 1.54) is 27.8 Å². The summed E-state index contributed by atoms with van der Waals surface area (Å²) in [6.07, 6.45) is 5.24. The molecule has 0 saturated heterocycles. The molecular weight excluding hydrogens is 270 g/mol. The first-order valence-corrected chi connectivity index (χ1v) is 7.78. The third-order valence-corrected chi connectivity index (χ3v) is 4.27. The van der Waals surface area contributed by atoms with Crippen LogP contribution in [0.5, 0.6) is 0 Å². The van der Waals surface area contributed by atoms with Gasteiger partial charge in [-0.3, -0.25) is 4.68 Å². The lowest BCUT2D eigenvalue weighted by molar-refractivity contribution is 0.645. The van der Waals surface area contributed by atoms with Crippen molar-refractivity contribution < 1.29 is 0 Å². The maximum absolute atomic E-state index is 4.54. The Hall–Kier alpha value is -2.39. The van der Waals surface area contributed by atoms with E-state index in [-0.39, 0.29) is 0 Å². The smallest absolute Gasteiger partial charge is 0.0659 e. The zero-order valence-electron chi connectivity index (χ0n) is 12.5. The lowest BCUT2D eigenvalue weighted by Gasteiger charge is -2.19. The van der Waals surface area contributed by atoms with E-state index < -0.39 is 0 Å². The van der Waals surface area contributed by atoms with E-state index in [9.17, 15) is 0 Å². The molecule has 2 aromatic carbocycles. The third-order valence-electron chi connectivity index (χ3n) is 4.27. The Morgan fingerprint density at radius 3 is 2.86 bits per heavy atom. The average molecular weight is 289 g/mol. The molecule has 0 aliphatic carbocycles. The molecule has 3 aromatic rings. The van der Waals surface area contributed by atoms with E-state index in [1.54, 1.807) is 0 Å². The van der Waals surface area contributed by atoms with E-state index in [2.05, 4.69) is 59.1 Å². The van der Waals surface area contributed by atoms with Crippen LogP contribution in [0.4, 0.5) is 0 Å². The SMILES string of the molecule is c1ccc(Cn2cc(-c3cccc4c3CCNC4)cn2)cc1. The maximum atomic E-state index is 4.54. The van der Waals surface area contributed by atoms with E-state index in [4.69, 9.17) is 0 Å². The van der Waals surface area contributed by atoms with Gasteiger partial charge in [-0.25, -0.2) is 0 Å². The first-order chi connectivity index (χ1) is 10.9. The predicted octanol–water partition coefficient (Wildman–Crippen LogP) is 3.24. The molecule has 3 heteroatoms. The van der Waals surface area contributed by atoms with Crippen LogP contribution in [-0.2, 0) is 19.5 Å². The second kappa shape index (κ2) is 5.78. The Morgan fingerprint density at radius 2 is 1.95 bits per heavy atom. The molecule has 0 unspecified atom stereocenters. The van der Waals surface area contributed by atoms with E-state index in [1.807, 2.05) is 16.9 Å². The molecular formula is C19H19N3. The van der Waals surface area contributed by atoms with Crippen LogP contribution in [0.1, 0.15) is 16.7 Å². The Morgan fingerprint density at radius 1 is 1.05 bits per heavy atom. The zero-order chi connectivity index (χ0) is 14.8. The highest BCUT2D eigenvalue weighted by atomic mass is 15.3. The fraction of sp³-hybridized carbons (Fsp3) is 0.211. The van der Waals surface area contributed by atoms with Crippen LogP contribution in [0, 0.1) is 0 Å². The number of hydrogen-bond donors (Lipinski definition) is 1. The maximum Gasteiger partial charge on any atom is 0.0659 e. The van der Waals surface area contributed by atoms with Crippen LogP contribution in [0.15, 0.2) is 60.9 Å². The van der Waals surface area contributed by atoms with Gasteiger partial charge in [0.05, 0.1) is 12.7 Å². The first kappa shape index (κ1) is 13.3. The van der Waals surface area contributed by atoms with Gasteiger partial charge in [-0.2, -0.15) is 5.10 Å². The average Bonchev–Trinajstić information content (AvgIpc) is 3.03. The second-order valence-electron chi connectivity index (χ2n) is 5.78. The van der Waals surface area contributed by atoms with Gasteiger partial charge >= 0.3 is 0 Å². The molecule has 110 valence electrons. The minimum atomic E-state index is 0.817. The molecule has 1 aliphatic heterocycles. The summed E-state index contributed by atoms with van der Waals surface area (Å²) in [6, 6.07) is 17.0. The molecule has 0 spiro atoms. The Kier molecular flexibility index (Phi) is 3.49. The number of benzene rings is 2. The Labute approximate surface area is 130 Å². The highest BCUT2D eigenvalue weighted by molar-refractivity contribution is 5.68. The zero-order valence-corrected chi connectivity index (χ0v) is 12.5. The van der Waals surface area contributed by atoms with Gasteiger partial charge in [0.2, 0.25) is 0 Å². The highest BCUT2D eigenvalue weighted by Crippen LogP contribution is 2.28. The van der Waals surface area contributed by atoms with Crippen molar-refractivity contribution in [2.75, 3.05) is 6.54 Å². The van der Waals surface area contributed by atoms with Gasteiger partial charge in [-0.05, 0) is 35.2 Å². The number of nitrogens with zero attached hydrogens (tertiary/aromatic N) is 2. The van der Waals surface area contributed by atoms with Crippen molar-refractivity contribution in [3.05, 3.63) is 77.6 Å². The molecule has 1 aliphatic rings. The summed E-state index contributed by atoms with van der Waals surface area (Å²) >= 11 is 0. The van der Waals surface area contributed by atoms with Crippen LogP contribution in [0.3, 0.4) is 0 Å². The summed E-state index contributed by atoms with van der Waals surface area (Å²) in [5.74, 6) is 0. The van der Waals surface area contributed by atoms with Gasteiger partial charge in [-0.1, -0.05) is 48.5 Å². The number of hydrogen-bond acceptors (Lipinski definition) is 2. The van der Waals surface area contributed by atoms with Gasteiger partial charge < -0.3 is 5.32 Å². The first-order valence-electron chi connectivity index (χ1n) is 7.78. The number of fused-ring (bicyclic) bond motifs is 1. The van der Waals surface area contributed by atoms with Crippen LogP contribution >= 0.6 is 0 Å². The summed E-state index contributed by atoms with van der Waals surface area (Å²) in [4.78, 5) is 0. The minimum Gasteiger partial charge on any atom is -0.312 e. The number of rotatable bonds is 3. The van der Waals surface area contributed by atoms with Gasteiger partial charge in [0, 0.05) is 18.3 Å². The lowest BCUT2D eigenvalue weighted by Crippen LogP contribution is -2.23. The van der Waals surface area contributed by atoms with Gasteiger partial charge in [-0.15, -0.1) is 0 Å². The monoisotopic (exact) mass is 289 g/mol. The highest BCUT2D eigenvalue weighted by Gasteiger charge is 2.14. The van der Waals surface area contributed by atoms with Crippen LogP contribution in [0.2, 0.25) is 0 Å². The van der Waals surface area contributed by atoms with Crippen molar-refractivity contribution in [3.63, 3.8) is 0 Å². The fourth-order valence-electron chi connectivity index (χ4n) is 3.16. The number of aromatic nitrogens is 2. The molecule has 1 aromatic heterocycles. The standard InChI is InChI=1S/C19H19N3/c1-2-5-15(6-3-1)13-22-14-17(12-21-22)18-8-4-7-16-11-20-10-9-19(16)18/h1-8,12,14,20H,9-11,13H2. The van der Waals surface area contributed by atoms with Gasteiger partial charge in [0.1, 0.15) is 0 Å². The Bertz CT molecular complexity index is 774. The molecule has 1 N–H and O–H groups in total. The van der Waals surface area contributed by atoms with E-state index >= 15 is 0 Å². The van der Waals surface area contributed by atoms with Gasteiger partial charge in [0.15, 0.2) is 0 Å². The summed E-state index contributed by atoms with van der Waals surface area (Å²) in [6.45, 7) is 2.85. The van der Waals surface area contributed by atoms with E-state index in [0.29, 0.717) is 0 Å². The molecule has 0 fully saturated rings. The van der Waals surface area contributed by atoms with Crippen molar-refractivity contribution in [2.45, 2.75) is 19.5 Å². The van der Waals surface area contributed by atoms with Crippen molar-refractivity contribution in [3.8, 4) is 11.1 Å². The third kappa shape index (κ3) is 2.55. The largest absolute Gasteiger partial charge is 0.312 e. The fourth-order valence-corrected chi connectivity index (χ4v) is 3.16. The lowest BCUT2D eigenvalue weighted by atomic mass is 9.93. The topological polar surface area (TPSA) is 29.9 Å². The van der Waals surface area contributed by atoms with Gasteiger partial charge in [0.25, 0.3) is 0 Å². The molecule has 22 heavy (non-hydrogen) atoms. The molecule has 2 heterocycles. The Balaban J connectivity index is 1.65. The number of nitrogens with one attached hydrogen (secondary N) is 1. The quantitative estimate of drug-likeness (QED) is 0.802. The normalized spacial score (nSPS) is 13.8. The van der Waals surface area contributed by atoms with Crippen LogP contribution in [0.25, 0.3) is 11.1 Å². The van der Waals surface area contributed by atoms with Crippen molar-refractivity contribution >= 4 is 0 Å². The minimum absolute atomic E-state index is 0.817. The van der Waals surface area contributed by atoms with E-state index in [0.717, 1.165) is 26.1 Å². The summed E-state index contributed by atoms with van der Waals surface area (Å²) in [5, 5.41) is 7.97. The molecule has 0 atom stereocenters. The molecule has 0 amide bonds. The summed E-state index contributed by atoms with van der Waals surface area (Å²) in [5.41, 5.74) is 6.71. The van der Waals surface area contributed by atoms with Crippen molar-refractivity contribution in [1.29, 1.82) is 0 Å². The molecule has 0 bridgehead atoms. The molecule has 4 rings (SSSR count). The van der Waals surface area contributed by atoms with Crippen LogP contribution < -0.4 is 5.32 Å². The molecule has 0 radical (unpaired) electrons. The second-order valence-corrected chi connectivity index (χ2v) is 5.78. The molecule has 3 nitrogen and oxygen atoms in total. The summed E-state index contributed by atoms with van der Waals surface area (Å²) in [7, 11) is 0. The van der Waals surface area contributed by atoms with Crippen molar-refractivity contribution in [2.24, 2.45) is 0 Å². The van der Waals surface area contributed by atoms with Crippen LogP contribution in [-0.4, -0.2) is 16.3 Å². The summed E-state index contributed by atoms with van der Waals surface area (Å²) < 4.78 is 2.02. The molecule has 0 saturated carbocycles. The predicted molar refractivity (Wildman–Crippen MR) is 88.6 cm³/mol. The van der Waals surface area contributed by atoms with Crippen molar-refractivity contribution in [1.82, 2.24) is 15.1 Å².